The van der Waals surface area contributed by atoms with Crippen molar-refractivity contribution in [3.8, 4) is 0 Å². The van der Waals surface area contributed by atoms with E-state index in [1.54, 1.807) is 0 Å². The molecule has 0 heterocycles. The van der Waals surface area contributed by atoms with Crippen LogP contribution < -0.4 is 5.32 Å². The van der Waals surface area contributed by atoms with Crippen molar-refractivity contribution in [2.45, 2.75) is 32.0 Å². The van der Waals surface area contributed by atoms with Crippen LogP contribution in [0, 0.1) is 5.92 Å². The molecule has 114 valence electrons. The van der Waals surface area contributed by atoms with Crippen molar-refractivity contribution in [3.05, 3.63) is 29.8 Å². The van der Waals surface area contributed by atoms with E-state index >= 15 is 0 Å². The van der Waals surface area contributed by atoms with E-state index in [2.05, 4.69) is 5.32 Å². The second kappa shape index (κ2) is 5.75. The van der Waals surface area contributed by atoms with E-state index in [-0.39, 0.29) is 11.6 Å². The van der Waals surface area contributed by atoms with Crippen molar-refractivity contribution in [2.75, 3.05) is 5.32 Å². The maximum Gasteiger partial charge on any atom is 0.416 e. The summed E-state index contributed by atoms with van der Waals surface area (Å²) in [5.41, 5.74) is -0.587. The van der Waals surface area contributed by atoms with E-state index < -0.39 is 29.7 Å². The van der Waals surface area contributed by atoms with E-state index in [0.29, 0.717) is 0 Å². The average molecular weight is 301 g/mol. The summed E-state index contributed by atoms with van der Waals surface area (Å²) < 4.78 is 42.1. The van der Waals surface area contributed by atoms with E-state index in [4.69, 9.17) is 4.74 Å². The SMILES string of the molecule is C[C@H](OC(=O)C1CC1)C(=O)Nc1ccc(C(F)(F)F)cc1. The van der Waals surface area contributed by atoms with Gasteiger partial charge in [0.1, 0.15) is 0 Å². The summed E-state index contributed by atoms with van der Waals surface area (Å²) in [5.74, 6) is -1.11. The van der Waals surface area contributed by atoms with E-state index in [9.17, 15) is 22.8 Å². The lowest BCUT2D eigenvalue weighted by molar-refractivity contribution is -0.154. The summed E-state index contributed by atoms with van der Waals surface area (Å²) in [7, 11) is 0. The quantitative estimate of drug-likeness (QED) is 0.870. The van der Waals surface area contributed by atoms with Gasteiger partial charge in [0.2, 0.25) is 0 Å². The van der Waals surface area contributed by atoms with Crippen LogP contribution in [-0.2, 0) is 20.5 Å². The van der Waals surface area contributed by atoms with Crippen LogP contribution in [0.5, 0.6) is 0 Å². The number of ether oxygens (including phenoxy) is 1. The topological polar surface area (TPSA) is 55.4 Å². The molecular weight excluding hydrogens is 287 g/mol. The number of carbonyl (C=O) groups excluding carboxylic acids is 2. The Bertz CT molecular complexity index is 535. The molecule has 2 rings (SSSR count). The Morgan fingerprint density at radius 1 is 1.24 bits per heavy atom. The number of amides is 1. The second-order valence-corrected chi connectivity index (χ2v) is 4.92. The minimum absolute atomic E-state index is 0.119. The molecule has 1 fully saturated rings. The van der Waals surface area contributed by atoms with Crippen LogP contribution in [0.4, 0.5) is 18.9 Å². The highest BCUT2D eigenvalue weighted by molar-refractivity contribution is 5.95. The molecule has 1 aliphatic carbocycles. The normalized spacial score (nSPS) is 16.2. The Morgan fingerprint density at radius 3 is 2.29 bits per heavy atom. The predicted octanol–water partition coefficient (Wildman–Crippen LogP) is 2.99. The number of anilines is 1. The van der Waals surface area contributed by atoms with Crippen molar-refractivity contribution in [1.29, 1.82) is 0 Å². The maximum absolute atomic E-state index is 12.4. The van der Waals surface area contributed by atoms with Gasteiger partial charge in [-0.1, -0.05) is 0 Å². The molecule has 4 nitrogen and oxygen atoms in total. The molecule has 1 aromatic carbocycles. The molecular formula is C14H14F3NO3. The summed E-state index contributed by atoms with van der Waals surface area (Å²) in [6, 6.07) is 4.04. The first-order valence-corrected chi connectivity index (χ1v) is 6.46. The zero-order chi connectivity index (χ0) is 15.6. The molecule has 0 bridgehead atoms. The number of benzene rings is 1. The van der Waals surface area contributed by atoms with Gasteiger partial charge >= 0.3 is 12.1 Å². The fourth-order valence-electron chi connectivity index (χ4n) is 1.63. The molecule has 1 amide bonds. The number of nitrogens with one attached hydrogen (secondary N) is 1. The average Bonchev–Trinajstić information content (AvgIpc) is 3.22. The number of hydrogen-bond donors (Lipinski definition) is 1. The number of rotatable bonds is 4. The number of halogens is 3. The highest BCUT2D eigenvalue weighted by atomic mass is 19.4. The maximum atomic E-state index is 12.4. The van der Waals surface area contributed by atoms with Gasteiger partial charge in [-0.2, -0.15) is 13.2 Å². The van der Waals surface area contributed by atoms with Gasteiger partial charge in [-0.25, -0.2) is 0 Å². The number of hydrogen-bond acceptors (Lipinski definition) is 3. The summed E-state index contributed by atoms with van der Waals surface area (Å²) in [5, 5.41) is 2.40. The summed E-state index contributed by atoms with van der Waals surface area (Å²) in [6.45, 7) is 1.42. The Kier molecular flexibility index (Phi) is 4.20. The number of esters is 1. The van der Waals surface area contributed by atoms with Gasteiger partial charge in [-0.15, -0.1) is 0 Å². The highest BCUT2D eigenvalue weighted by Crippen LogP contribution is 2.31. The Labute approximate surface area is 119 Å². The summed E-state index contributed by atoms with van der Waals surface area (Å²) in [6.07, 6.45) is -3.87. The van der Waals surface area contributed by atoms with Crippen LogP contribution >= 0.6 is 0 Å². The first kappa shape index (κ1) is 15.3. The lowest BCUT2D eigenvalue weighted by Gasteiger charge is -2.14. The molecule has 1 atom stereocenters. The third-order valence-electron chi connectivity index (χ3n) is 3.05. The van der Waals surface area contributed by atoms with Crippen LogP contribution in [-0.4, -0.2) is 18.0 Å². The van der Waals surface area contributed by atoms with Crippen molar-refractivity contribution in [1.82, 2.24) is 0 Å². The van der Waals surface area contributed by atoms with E-state index in [0.717, 1.165) is 37.1 Å². The third kappa shape index (κ3) is 4.21. The van der Waals surface area contributed by atoms with Gasteiger partial charge < -0.3 is 10.1 Å². The smallest absolute Gasteiger partial charge is 0.416 e. The Balaban J connectivity index is 1.91. The molecule has 7 heteroatoms. The minimum Gasteiger partial charge on any atom is -0.452 e. The van der Waals surface area contributed by atoms with Crippen molar-refractivity contribution >= 4 is 17.6 Å². The second-order valence-electron chi connectivity index (χ2n) is 4.92. The Morgan fingerprint density at radius 2 is 1.81 bits per heavy atom. The first-order valence-electron chi connectivity index (χ1n) is 6.46. The third-order valence-corrected chi connectivity index (χ3v) is 3.05. The molecule has 21 heavy (non-hydrogen) atoms. The molecule has 1 saturated carbocycles. The van der Waals surface area contributed by atoms with Gasteiger partial charge in [0, 0.05) is 5.69 Å². The lowest BCUT2D eigenvalue weighted by Crippen LogP contribution is -2.30. The molecule has 1 aromatic rings. The summed E-state index contributed by atoms with van der Waals surface area (Å²) >= 11 is 0. The van der Waals surface area contributed by atoms with Crippen LogP contribution in [0.15, 0.2) is 24.3 Å². The van der Waals surface area contributed by atoms with Crippen LogP contribution in [0.2, 0.25) is 0 Å². The van der Waals surface area contributed by atoms with Crippen LogP contribution in [0.1, 0.15) is 25.3 Å². The van der Waals surface area contributed by atoms with Gasteiger partial charge in [-0.05, 0) is 44.0 Å². The minimum atomic E-state index is -4.42. The molecule has 0 radical (unpaired) electrons. The van der Waals surface area contributed by atoms with E-state index in [1.807, 2.05) is 0 Å². The standard InChI is InChI=1S/C14H14F3NO3/c1-8(21-13(20)9-2-3-9)12(19)18-11-6-4-10(5-7-11)14(15,16)17/h4-9H,2-3H2,1H3,(H,18,19)/t8-/m0/s1. The number of carbonyl (C=O) groups is 2. The van der Waals surface area contributed by atoms with Crippen molar-refractivity contribution in [2.24, 2.45) is 5.92 Å². The van der Waals surface area contributed by atoms with Gasteiger partial charge in [0.05, 0.1) is 11.5 Å². The fraction of sp³-hybridized carbons (Fsp3) is 0.429. The van der Waals surface area contributed by atoms with Crippen molar-refractivity contribution < 1.29 is 27.5 Å². The molecule has 0 saturated heterocycles. The molecule has 0 spiro atoms. The Hall–Kier alpha value is -2.05. The highest BCUT2D eigenvalue weighted by Gasteiger charge is 2.33. The zero-order valence-corrected chi connectivity index (χ0v) is 11.2. The monoisotopic (exact) mass is 301 g/mol. The van der Waals surface area contributed by atoms with Crippen molar-refractivity contribution in [3.63, 3.8) is 0 Å². The van der Waals surface area contributed by atoms with Gasteiger partial charge in [0.15, 0.2) is 6.10 Å². The fourth-order valence-corrected chi connectivity index (χ4v) is 1.63. The van der Waals surface area contributed by atoms with Crippen LogP contribution in [0.25, 0.3) is 0 Å². The van der Waals surface area contributed by atoms with Crippen LogP contribution in [0.3, 0.4) is 0 Å². The van der Waals surface area contributed by atoms with Gasteiger partial charge in [-0.3, -0.25) is 9.59 Å². The van der Waals surface area contributed by atoms with Gasteiger partial charge in [0.25, 0.3) is 5.91 Å². The lowest BCUT2D eigenvalue weighted by atomic mass is 10.2. The number of alkyl halides is 3. The molecule has 1 aliphatic rings. The predicted molar refractivity (Wildman–Crippen MR) is 68.4 cm³/mol. The van der Waals surface area contributed by atoms with E-state index in [1.165, 1.54) is 6.92 Å². The molecule has 0 aliphatic heterocycles. The summed E-state index contributed by atoms with van der Waals surface area (Å²) in [4.78, 5) is 23.2. The molecule has 0 aromatic heterocycles. The molecule has 0 unspecified atom stereocenters. The largest absolute Gasteiger partial charge is 0.452 e. The molecule has 1 N–H and O–H groups in total. The zero-order valence-electron chi connectivity index (χ0n) is 11.2. The first-order chi connectivity index (χ1) is 9.77.